The van der Waals surface area contributed by atoms with E-state index in [4.69, 9.17) is 14.8 Å². The number of pyridine rings is 1. The highest BCUT2D eigenvalue weighted by Crippen LogP contribution is 2.23. The Kier molecular flexibility index (Phi) is 8.48. The Morgan fingerprint density at radius 1 is 0.805 bits per heavy atom. The van der Waals surface area contributed by atoms with Crippen molar-refractivity contribution in [3.63, 3.8) is 0 Å². The Morgan fingerprint density at radius 3 is 2.41 bits per heavy atom. The monoisotopic (exact) mass is 544 g/mol. The number of hydrogen-bond acceptors (Lipinski definition) is 5. The second-order valence-electron chi connectivity index (χ2n) is 10.8. The molecular weight excluding hydrogens is 508 g/mol. The number of ketones is 1. The smallest absolute Gasteiger partial charge is 0.156 e. The Morgan fingerprint density at radius 2 is 1.59 bits per heavy atom. The van der Waals surface area contributed by atoms with Gasteiger partial charge in [-0.15, -0.1) is 0 Å². The van der Waals surface area contributed by atoms with E-state index in [9.17, 15) is 4.79 Å². The Bertz CT molecular complexity index is 1590. The average molecular weight is 545 g/mol. The summed E-state index contributed by atoms with van der Waals surface area (Å²) in [6, 6.07) is 32.7. The number of aryl methyl sites for hydroxylation is 1. The fourth-order valence-corrected chi connectivity index (χ4v) is 5.51. The molecule has 0 saturated carbocycles. The van der Waals surface area contributed by atoms with Gasteiger partial charge in [0.05, 0.1) is 5.69 Å². The summed E-state index contributed by atoms with van der Waals surface area (Å²) in [5, 5.41) is 4.87. The van der Waals surface area contributed by atoms with Crippen LogP contribution in [0.25, 0.3) is 16.9 Å². The van der Waals surface area contributed by atoms with Crippen molar-refractivity contribution >= 4 is 11.4 Å². The topological polar surface area (TPSA) is 59.7 Å². The summed E-state index contributed by atoms with van der Waals surface area (Å²) in [4.78, 5) is 19.8. The highest BCUT2D eigenvalue weighted by Gasteiger charge is 2.12. The van der Waals surface area contributed by atoms with Gasteiger partial charge in [-0.05, 0) is 79.4 Å². The molecule has 0 spiro atoms. The zero-order chi connectivity index (χ0) is 27.9. The summed E-state index contributed by atoms with van der Waals surface area (Å²) in [5.74, 6) is 1.94. The van der Waals surface area contributed by atoms with Crippen LogP contribution in [0, 0.1) is 0 Å². The predicted molar refractivity (Wildman–Crippen MR) is 162 cm³/mol. The Labute approximate surface area is 241 Å². The van der Waals surface area contributed by atoms with Crippen molar-refractivity contribution in [1.29, 1.82) is 0 Å². The maximum Gasteiger partial charge on any atom is 0.156 e. The van der Waals surface area contributed by atoms with E-state index in [1.165, 1.54) is 25.9 Å². The minimum Gasteiger partial charge on any atom is -0.492 e. The number of carbonyl (C=O) groups excluding carboxylic acids is 1. The first-order valence-electron chi connectivity index (χ1n) is 14.6. The van der Waals surface area contributed by atoms with Crippen LogP contribution in [0.1, 0.15) is 41.8 Å². The van der Waals surface area contributed by atoms with Gasteiger partial charge in [-0.1, -0.05) is 66.7 Å². The van der Waals surface area contributed by atoms with Gasteiger partial charge in [0.1, 0.15) is 18.1 Å². The third-order valence-electron chi connectivity index (χ3n) is 7.72. The number of hydrogen-bond donors (Lipinski definition) is 0. The number of fused-ring (bicyclic) bond motifs is 1. The number of rotatable bonds is 12. The van der Waals surface area contributed by atoms with E-state index >= 15 is 0 Å². The molecule has 6 heteroatoms. The van der Waals surface area contributed by atoms with Crippen LogP contribution in [0.15, 0.2) is 97.1 Å². The van der Waals surface area contributed by atoms with Gasteiger partial charge in [0, 0.05) is 31.4 Å². The van der Waals surface area contributed by atoms with Crippen molar-refractivity contribution in [3.8, 4) is 17.0 Å². The lowest BCUT2D eigenvalue weighted by molar-refractivity contribution is -0.118. The van der Waals surface area contributed by atoms with Gasteiger partial charge in [-0.25, -0.2) is 9.50 Å². The first-order valence-corrected chi connectivity index (χ1v) is 14.6. The van der Waals surface area contributed by atoms with Crippen molar-refractivity contribution in [3.05, 3.63) is 120 Å². The molecule has 0 bridgehead atoms. The van der Waals surface area contributed by atoms with Crippen LogP contribution in [0.4, 0.5) is 0 Å². The number of Topliss-reactive ketones (excluding diaryl/α,β-unsaturated/α-hetero) is 1. The van der Waals surface area contributed by atoms with E-state index in [1.54, 1.807) is 0 Å². The number of aromatic nitrogens is 3. The van der Waals surface area contributed by atoms with Crippen molar-refractivity contribution < 1.29 is 9.53 Å². The van der Waals surface area contributed by atoms with Crippen molar-refractivity contribution in [2.24, 2.45) is 0 Å². The van der Waals surface area contributed by atoms with Crippen LogP contribution >= 0.6 is 0 Å². The number of nitrogens with zero attached hydrogens (tertiary/aromatic N) is 4. The van der Waals surface area contributed by atoms with Gasteiger partial charge >= 0.3 is 0 Å². The number of likely N-dealkylation sites (tertiary alicyclic amines) is 1. The zero-order valence-electron chi connectivity index (χ0n) is 23.4. The molecule has 208 valence electrons. The molecule has 1 aliphatic rings. The lowest BCUT2D eigenvalue weighted by Gasteiger charge is -2.14. The van der Waals surface area contributed by atoms with Gasteiger partial charge < -0.3 is 4.74 Å². The molecule has 1 fully saturated rings. The Balaban J connectivity index is 1.09. The molecule has 5 aromatic rings. The summed E-state index contributed by atoms with van der Waals surface area (Å²) >= 11 is 0. The molecule has 3 heterocycles. The number of benzene rings is 3. The highest BCUT2D eigenvalue weighted by molar-refractivity contribution is 5.81. The van der Waals surface area contributed by atoms with E-state index in [0.29, 0.717) is 19.3 Å². The SMILES string of the molecule is O=C(CCc1cccc(-c2cccc3nc(Cc4ccc(OCCN5CCCC5)cc4)nn23)c1)Cc1ccccc1. The van der Waals surface area contributed by atoms with Gasteiger partial charge in [0.2, 0.25) is 0 Å². The normalized spacial score (nSPS) is 13.6. The summed E-state index contributed by atoms with van der Waals surface area (Å²) < 4.78 is 7.88. The predicted octanol–water partition coefficient (Wildman–Crippen LogP) is 6.21. The van der Waals surface area contributed by atoms with Crippen LogP contribution in [-0.4, -0.2) is 51.5 Å². The fraction of sp³-hybridized carbons (Fsp3) is 0.286. The van der Waals surface area contributed by atoms with Crippen LogP contribution < -0.4 is 4.74 Å². The molecule has 0 N–H and O–H groups in total. The highest BCUT2D eigenvalue weighted by atomic mass is 16.5. The molecule has 41 heavy (non-hydrogen) atoms. The van der Waals surface area contributed by atoms with Crippen molar-refractivity contribution in [1.82, 2.24) is 19.5 Å². The van der Waals surface area contributed by atoms with Crippen LogP contribution in [0.2, 0.25) is 0 Å². The fourth-order valence-electron chi connectivity index (χ4n) is 5.51. The lowest BCUT2D eigenvalue weighted by atomic mass is 10.0. The van der Waals surface area contributed by atoms with Crippen molar-refractivity contribution in [2.45, 2.75) is 38.5 Å². The first-order chi connectivity index (χ1) is 20.2. The van der Waals surface area contributed by atoms with Gasteiger partial charge in [-0.2, -0.15) is 5.10 Å². The quantitative estimate of drug-likeness (QED) is 0.187. The molecule has 1 aliphatic heterocycles. The van der Waals surface area contributed by atoms with E-state index in [0.717, 1.165) is 64.7 Å². The molecular formula is C35H36N4O2. The standard InChI is InChI=1S/C35H36N4O2/c40-31(25-27-8-2-1-3-9-27)17-14-28-10-6-11-30(24-28)33-12-7-13-35-36-34(37-39(33)35)26-29-15-18-32(19-16-29)41-23-22-38-20-4-5-21-38/h1-3,6-13,15-16,18-19,24H,4-5,14,17,20-23,25-26H2. The minimum atomic E-state index is 0.256. The lowest BCUT2D eigenvalue weighted by Crippen LogP contribution is -2.25. The van der Waals surface area contributed by atoms with Crippen LogP contribution in [0.3, 0.4) is 0 Å². The Hall–Kier alpha value is -4.29. The number of carbonyl (C=O) groups is 1. The van der Waals surface area contributed by atoms with E-state index in [-0.39, 0.29) is 5.78 Å². The van der Waals surface area contributed by atoms with Crippen LogP contribution in [-0.2, 0) is 24.1 Å². The summed E-state index contributed by atoms with van der Waals surface area (Å²) in [6.45, 7) is 4.10. The second kappa shape index (κ2) is 12.9. The molecule has 6 nitrogen and oxygen atoms in total. The number of ether oxygens (including phenoxy) is 1. The van der Waals surface area contributed by atoms with Gasteiger partial charge in [0.15, 0.2) is 11.5 Å². The molecule has 2 aromatic heterocycles. The van der Waals surface area contributed by atoms with E-state index in [2.05, 4.69) is 47.4 Å². The molecule has 0 amide bonds. The molecule has 1 saturated heterocycles. The molecule has 0 atom stereocenters. The summed E-state index contributed by atoms with van der Waals surface area (Å²) in [6.07, 6.45) is 4.98. The maximum absolute atomic E-state index is 12.6. The van der Waals surface area contributed by atoms with Crippen LogP contribution in [0.5, 0.6) is 5.75 Å². The minimum absolute atomic E-state index is 0.256. The summed E-state index contributed by atoms with van der Waals surface area (Å²) in [7, 11) is 0. The third kappa shape index (κ3) is 7.08. The van der Waals surface area contributed by atoms with E-state index < -0.39 is 0 Å². The molecule has 3 aromatic carbocycles. The largest absolute Gasteiger partial charge is 0.492 e. The zero-order valence-corrected chi connectivity index (χ0v) is 23.4. The molecule has 0 radical (unpaired) electrons. The maximum atomic E-state index is 12.6. The van der Waals surface area contributed by atoms with Gasteiger partial charge in [0.25, 0.3) is 0 Å². The van der Waals surface area contributed by atoms with E-state index in [1.807, 2.05) is 59.1 Å². The molecule has 0 unspecified atom stereocenters. The van der Waals surface area contributed by atoms with Gasteiger partial charge in [-0.3, -0.25) is 9.69 Å². The van der Waals surface area contributed by atoms with Crippen molar-refractivity contribution in [2.75, 3.05) is 26.2 Å². The average Bonchev–Trinajstić information content (AvgIpc) is 3.67. The first kappa shape index (κ1) is 26.9. The third-order valence-corrected chi connectivity index (χ3v) is 7.72. The molecule has 6 rings (SSSR count). The second-order valence-corrected chi connectivity index (χ2v) is 10.8. The molecule has 0 aliphatic carbocycles. The summed E-state index contributed by atoms with van der Waals surface area (Å²) in [5.41, 5.74) is 6.23.